The predicted octanol–water partition coefficient (Wildman–Crippen LogP) is 1.72. The fourth-order valence-corrected chi connectivity index (χ4v) is 3.11. The van der Waals surface area contributed by atoms with Crippen LogP contribution in [0, 0.1) is 12.7 Å². The van der Waals surface area contributed by atoms with Crippen molar-refractivity contribution in [1.29, 1.82) is 0 Å². The van der Waals surface area contributed by atoms with E-state index in [-0.39, 0.29) is 41.6 Å². The summed E-state index contributed by atoms with van der Waals surface area (Å²) in [6, 6.07) is 6.40. The number of guanidine groups is 1. The molecule has 1 saturated heterocycles. The minimum atomic E-state index is -0.371. The number of hydrogen-bond acceptors (Lipinski definition) is 6. The van der Waals surface area contributed by atoms with Gasteiger partial charge in [-0.2, -0.15) is 0 Å². The molecule has 9 nitrogen and oxygen atoms in total. The fraction of sp³-hybridized carbons (Fsp3) is 0.571. The first-order chi connectivity index (χ1) is 15.0. The number of nitrogens with zero attached hydrogens (tertiary/aromatic N) is 5. The SMILES string of the molecule is Cc1nnc(CN=C(NCCN2CCOCC2)NCC(C)Oc2ccccc2F)n1C.I. The van der Waals surface area contributed by atoms with Crippen LogP contribution in [0.15, 0.2) is 29.3 Å². The Balaban J connectivity index is 0.00000363. The van der Waals surface area contributed by atoms with Gasteiger partial charge in [0, 0.05) is 33.2 Å². The molecule has 0 bridgehead atoms. The molecule has 11 heteroatoms. The maximum atomic E-state index is 13.8. The summed E-state index contributed by atoms with van der Waals surface area (Å²) in [6.07, 6.45) is -0.250. The van der Waals surface area contributed by atoms with Crippen molar-refractivity contribution >= 4 is 29.9 Å². The highest BCUT2D eigenvalue weighted by Gasteiger charge is 2.12. The zero-order chi connectivity index (χ0) is 22.1. The fourth-order valence-electron chi connectivity index (χ4n) is 3.11. The molecule has 2 aromatic rings. The van der Waals surface area contributed by atoms with Gasteiger partial charge in [-0.25, -0.2) is 9.38 Å². The summed E-state index contributed by atoms with van der Waals surface area (Å²) in [4.78, 5) is 7.00. The standard InChI is InChI=1S/C21H32FN7O2.HI/c1-16(31-19-7-5-4-6-18(19)22)14-24-21(23-8-9-29-10-12-30-13-11-29)25-15-20-27-26-17(2)28(20)3;/h4-7,16H,8-15H2,1-3H3,(H2,23,24,25);1H. The number of rotatable bonds is 9. The van der Waals surface area contributed by atoms with E-state index in [9.17, 15) is 4.39 Å². The van der Waals surface area contributed by atoms with Crippen molar-refractivity contribution < 1.29 is 13.9 Å². The Morgan fingerprint density at radius 1 is 1.25 bits per heavy atom. The number of aliphatic imine (C=N–C) groups is 1. The van der Waals surface area contributed by atoms with Gasteiger partial charge >= 0.3 is 0 Å². The lowest BCUT2D eigenvalue weighted by Crippen LogP contribution is -2.46. The lowest BCUT2D eigenvalue weighted by molar-refractivity contribution is 0.0389. The molecule has 0 radical (unpaired) electrons. The predicted molar refractivity (Wildman–Crippen MR) is 132 cm³/mol. The summed E-state index contributed by atoms with van der Waals surface area (Å²) in [5.74, 6) is 2.14. The highest BCUT2D eigenvalue weighted by atomic mass is 127. The number of morpholine rings is 1. The molecule has 0 saturated carbocycles. The van der Waals surface area contributed by atoms with E-state index in [0.29, 0.717) is 19.0 Å². The number of hydrogen-bond donors (Lipinski definition) is 2. The van der Waals surface area contributed by atoms with Crippen molar-refractivity contribution in [3.8, 4) is 5.75 Å². The van der Waals surface area contributed by atoms with Gasteiger partial charge in [-0.05, 0) is 26.0 Å². The van der Waals surface area contributed by atoms with Crippen LogP contribution < -0.4 is 15.4 Å². The number of aryl methyl sites for hydroxylation is 1. The van der Waals surface area contributed by atoms with Crippen molar-refractivity contribution in [1.82, 2.24) is 30.3 Å². The minimum absolute atomic E-state index is 0. The van der Waals surface area contributed by atoms with Crippen LogP contribution in [0.3, 0.4) is 0 Å². The Kier molecular flexibility index (Phi) is 11.1. The molecule has 1 aromatic heterocycles. The van der Waals surface area contributed by atoms with Gasteiger partial charge in [-0.15, -0.1) is 34.2 Å². The molecule has 1 atom stereocenters. The highest BCUT2D eigenvalue weighted by molar-refractivity contribution is 14.0. The number of nitrogens with one attached hydrogen (secondary N) is 2. The number of halogens is 2. The van der Waals surface area contributed by atoms with Crippen LogP contribution in [0.5, 0.6) is 5.75 Å². The smallest absolute Gasteiger partial charge is 0.191 e. The summed E-state index contributed by atoms with van der Waals surface area (Å²) in [5.41, 5.74) is 0. The van der Waals surface area contributed by atoms with Crippen LogP contribution in [0.25, 0.3) is 0 Å². The van der Waals surface area contributed by atoms with Crippen LogP contribution in [0.1, 0.15) is 18.6 Å². The largest absolute Gasteiger partial charge is 0.486 e. The summed E-state index contributed by atoms with van der Waals surface area (Å²) < 4.78 is 26.9. The van der Waals surface area contributed by atoms with Crippen molar-refractivity contribution in [3.63, 3.8) is 0 Å². The normalized spacial score (nSPS) is 15.7. The van der Waals surface area contributed by atoms with Crippen LogP contribution in [0.2, 0.25) is 0 Å². The summed E-state index contributed by atoms with van der Waals surface area (Å²) in [5, 5.41) is 14.9. The van der Waals surface area contributed by atoms with Crippen LogP contribution in [0.4, 0.5) is 4.39 Å². The summed E-state index contributed by atoms with van der Waals surface area (Å²) >= 11 is 0. The zero-order valence-corrected chi connectivity index (χ0v) is 21.2. The molecule has 3 rings (SSSR count). The molecule has 1 fully saturated rings. The molecule has 1 aliphatic heterocycles. The second-order valence-electron chi connectivity index (χ2n) is 7.51. The molecule has 0 spiro atoms. The second-order valence-corrected chi connectivity index (χ2v) is 7.51. The monoisotopic (exact) mass is 561 g/mol. The molecular formula is C21H33FIN7O2. The Labute approximate surface area is 205 Å². The molecule has 0 amide bonds. The third-order valence-electron chi connectivity index (χ3n) is 5.11. The van der Waals surface area contributed by atoms with Gasteiger partial charge in [0.1, 0.15) is 18.5 Å². The van der Waals surface area contributed by atoms with E-state index < -0.39 is 0 Å². The van der Waals surface area contributed by atoms with E-state index in [0.717, 1.165) is 51.0 Å². The van der Waals surface area contributed by atoms with Gasteiger partial charge in [0.2, 0.25) is 0 Å². The topological polar surface area (TPSA) is 88.8 Å². The van der Waals surface area contributed by atoms with E-state index >= 15 is 0 Å². The lowest BCUT2D eigenvalue weighted by atomic mass is 10.3. The van der Waals surface area contributed by atoms with Gasteiger partial charge in [-0.1, -0.05) is 12.1 Å². The van der Waals surface area contributed by atoms with E-state index in [2.05, 4.69) is 30.7 Å². The number of para-hydroxylation sites is 1. The summed E-state index contributed by atoms with van der Waals surface area (Å²) in [7, 11) is 1.92. The number of ether oxygens (including phenoxy) is 2. The molecule has 2 heterocycles. The average Bonchev–Trinajstić information content (AvgIpc) is 3.10. The van der Waals surface area contributed by atoms with Crippen LogP contribution >= 0.6 is 24.0 Å². The molecule has 0 aliphatic carbocycles. The van der Waals surface area contributed by atoms with Crippen LogP contribution in [-0.4, -0.2) is 77.7 Å². The third-order valence-corrected chi connectivity index (χ3v) is 5.11. The molecule has 2 N–H and O–H groups in total. The van der Waals surface area contributed by atoms with Crippen molar-refractivity contribution in [2.45, 2.75) is 26.5 Å². The Morgan fingerprint density at radius 2 is 2.00 bits per heavy atom. The Bertz CT molecular complexity index is 858. The first kappa shape index (κ1) is 26.3. The molecule has 1 aliphatic rings. The Morgan fingerprint density at radius 3 is 2.69 bits per heavy atom. The van der Waals surface area contributed by atoms with Gasteiger partial charge in [-0.3, -0.25) is 4.90 Å². The van der Waals surface area contributed by atoms with E-state index in [1.54, 1.807) is 18.2 Å². The van der Waals surface area contributed by atoms with E-state index in [4.69, 9.17) is 9.47 Å². The number of benzene rings is 1. The van der Waals surface area contributed by atoms with Gasteiger partial charge in [0.05, 0.1) is 19.8 Å². The van der Waals surface area contributed by atoms with Crippen molar-refractivity contribution in [2.24, 2.45) is 12.0 Å². The maximum absolute atomic E-state index is 13.8. The quantitative estimate of drug-likeness (QED) is 0.274. The maximum Gasteiger partial charge on any atom is 0.191 e. The van der Waals surface area contributed by atoms with E-state index in [1.807, 2.05) is 25.5 Å². The average molecular weight is 561 g/mol. The first-order valence-corrected chi connectivity index (χ1v) is 10.6. The number of aromatic nitrogens is 3. The first-order valence-electron chi connectivity index (χ1n) is 10.6. The van der Waals surface area contributed by atoms with Gasteiger partial charge in [0.25, 0.3) is 0 Å². The third kappa shape index (κ3) is 8.17. The molecule has 1 aromatic carbocycles. The van der Waals surface area contributed by atoms with Crippen molar-refractivity contribution in [3.05, 3.63) is 41.7 Å². The molecule has 32 heavy (non-hydrogen) atoms. The van der Waals surface area contributed by atoms with Gasteiger partial charge in [0.15, 0.2) is 23.4 Å². The molecule has 1 unspecified atom stereocenters. The van der Waals surface area contributed by atoms with Crippen LogP contribution in [-0.2, 0) is 18.3 Å². The molecule has 178 valence electrons. The van der Waals surface area contributed by atoms with Gasteiger partial charge < -0.3 is 24.7 Å². The molecular weight excluding hydrogens is 528 g/mol. The minimum Gasteiger partial charge on any atom is -0.486 e. The van der Waals surface area contributed by atoms with E-state index in [1.165, 1.54) is 6.07 Å². The van der Waals surface area contributed by atoms with Crippen molar-refractivity contribution in [2.75, 3.05) is 45.9 Å². The lowest BCUT2D eigenvalue weighted by Gasteiger charge is -2.27. The highest BCUT2D eigenvalue weighted by Crippen LogP contribution is 2.16. The summed E-state index contributed by atoms with van der Waals surface area (Å²) in [6.45, 7) is 9.72. The Hall–Kier alpha value is -1.99. The second kappa shape index (κ2) is 13.5. The zero-order valence-electron chi connectivity index (χ0n) is 18.9.